The molecule has 0 radical (unpaired) electrons. The van der Waals surface area contributed by atoms with E-state index in [1.54, 1.807) is 23.5 Å². The largest absolute Gasteiger partial charge is 0.351 e. The van der Waals surface area contributed by atoms with E-state index in [-0.39, 0.29) is 10.5 Å². The molecule has 1 saturated carbocycles. The first-order chi connectivity index (χ1) is 5.77. The molecule has 2 atom stereocenters. The molecule has 1 aliphatic carbocycles. The second kappa shape index (κ2) is 3.50. The lowest BCUT2D eigenvalue weighted by atomic mass is 10.5. The fourth-order valence-electron chi connectivity index (χ4n) is 1.28. The molecule has 12 heavy (non-hydrogen) atoms. The highest BCUT2D eigenvalue weighted by molar-refractivity contribution is 8.21. The minimum Gasteiger partial charge on any atom is -0.351 e. The number of rotatable bonds is 2. The molecule has 0 aromatic heterocycles. The molecule has 0 aromatic rings. The van der Waals surface area contributed by atoms with Crippen LogP contribution in [0.3, 0.4) is 0 Å². The molecule has 68 valence electrons. The topological polar surface area (TPSA) is 29.1 Å². The van der Waals surface area contributed by atoms with Crippen molar-refractivity contribution in [2.75, 3.05) is 11.5 Å². The summed E-state index contributed by atoms with van der Waals surface area (Å²) in [4.78, 5) is 11.5. The lowest BCUT2D eigenvalue weighted by molar-refractivity contribution is -0.119. The van der Waals surface area contributed by atoms with Crippen LogP contribution in [0.2, 0.25) is 0 Å². The second-order valence-electron chi connectivity index (χ2n) is 3.40. The van der Waals surface area contributed by atoms with E-state index < -0.39 is 0 Å². The van der Waals surface area contributed by atoms with Crippen LogP contribution in [0.1, 0.15) is 13.3 Å². The molecule has 1 saturated heterocycles. The molecule has 2 nitrogen and oxygen atoms in total. The monoisotopic (exact) mass is 203 g/mol. The van der Waals surface area contributed by atoms with E-state index in [9.17, 15) is 4.79 Å². The third kappa shape index (κ3) is 1.91. The zero-order valence-corrected chi connectivity index (χ0v) is 8.71. The summed E-state index contributed by atoms with van der Waals surface area (Å²) >= 11 is 3.54. The summed E-state index contributed by atoms with van der Waals surface area (Å²) in [5.74, 6) is 3.22. The fourth-order valence-corrected chi connectivity index (χ4v) is 3.88. The van der Waals surface area contributed by atoms with Gasteiger partial charge in [0.2, 0.25) is 5.91 Å². The Hall–Kier alpha value is 0.170. The van der Waals surface area contributed by atoms with Crippen molar-refractivity contribution in [2.24, 2.45) is 5.92 Å². The minimum absolute atomic E-state index is 0.179. The van der Waals surface area contributed by atoms with E-state index >= 15 is 0 Å². The van der Waals surface area contributed by atoms with Crippen molar-refractivity contribution in [1.82, 2.24) is 5.32 Å². The summed E-state index contributed by atoms with van der Waals surface area (Å²) in [6.07, 6.45) is 1.17. The van der Waals surface area contributed by atoms with Crippen molar-refractivity contribution in [3.05, 3.63) is 0 Å². The Balaban J connectivity index is 1.76. The Bertz CT molecular complexity index is 191. The van der Waals surface area contributed by atoms with Crippen LogP contribution in [0.4, 0.5) is 0 Å². The Kier molecular flexibility index (Phi) is 2.55. The van der Waals surface area contributed by atoms with E-state index in [1.165, 1.54) is 6.42 Å². The van der Waals surface area contributed by atoms with Gasteiger partial charge in [0.05, 0.1) is 0 Å². The summed E-state index contributed by atoms with van der Waals surface area (Å²) in [6, 6.07) is 0.485. The maximum Gasteiger partial charge on any atom is 0.243 e. The van der Waals surface area contributed by atoms with Crippen LogP contribution in [0, 0.1) is 5.92 Å². The van der Waals surface area contributed by atoms with Crippen LogP contribution >= 0.6 is 23.5 Å². The van der Waals surface area contributed by atoms with Crippen molar-refractivity contribution in [3.63, 3.8) is 0 Å². The first kappa shape index (κ1) is 8.75. The van der Waals surface area contributed by atoms with E-state index in [0.29, 0.717) is 12.0 Å². The smallest absolute Gasteiger partial charge is 0.243 e. The van der Waals surface area contributed by atoms with Crippen molar-refractivity contribution in [1.29, 1.82) is 0 Å². The molecule has 1 amide bonds. The Morgan fingerprint density at radius 1 is 1.42 bits per heavy atom. The zero-order chi connectivity index (χ0) is 8.55. The SMILES string of the molecule is C[C@@H]1C[C@H]1NC(=O)C1SCCS1. The number of hydrogen-bond acceptors (Lipinski definition) is 3. The number of carbonyl (C=O) groups is 1. The average Bonchev–Trinajstić information content (AvgIpc) is 2.58. The average molecular weight is 203 g/mol. The van der Waals surface area contributed by atoms with Gasteiger partial charge in [0, 0.05) is 17.5 Å². The van der Waals surface area contributed by atoms with Crippen LogP contribution in [-0.4, -0.2) is 28.0 Å². The summed E-state index contributed by atoms with van der Waals surface area (Å²) in [5, 5.41) is 3.06. The quantitative estimate of drug-likeness (QED) is 0.734. The first-order valence-electron chi connectivity index (χ1n) is 4.31. The van der Waals surface area contributed by atoms with Gasteiger partial charge in [0.1, 0.15) is 4.58 Å². The molecular formula is C8H13NOS2. The second-order valence-corrected chi connectivity index (χ2v) is 6.13. The van der Waals surface area contributed by atoms with Gasteiger partial charge < -0.3 is 5.32 Å². The Morgan fingerprint density at radius 3 is 2.50 bits per heavy atom. The summed E-state index contributed by atoms with van der Waals surface area (Å²) in [6.45, 7) is 2.18. The summed E-state index contributed by atoms with van der Waals surface area (Å²) in [7, 11) is 0. The van der Waals surface area contributed by atoms with Gasteiger partial charge in [-0.3, -0.25) is 4.79 Å². The van der Waals surface area contributed by atoms with Gasteiger partial charge in [-0.15, -0.1) is 23.5 Å². The maximum absolute atomic E-state index is 11.5. The number of thioether (sulfide) groups is 2. The lowest BCUT2D eigenvalue weighted by Crippen LogP contribution is -2.32. The molecule has 0 unspecified atom stereocenters. The number of amides is 1. The van der Waals surface area contributed by atoms with Crippen LogP contribution in [0.15, 0.2) is 0 Å². The van der Waals surface area contributed by atoms with Crippen molar-refractivity contribution >= 4 is 29.4 Å². The van der Waals surface area contributed by atoms with E-state index in [4.69, 9.17) is 0 Å². The van der Waals surface area contributed by atoms with Crippen molar-refractivity contribution < 1.29 is 4.79 Å². The van der Waals surface area contributed by atoms with Crippen molar-refractivity contribution in [3.8, 4) is 0 Å². The first-order valence-corrected chi connectivity index (χ1v) is 6.40. The summed E-state index contributed by atoms with van der Waals surface area (Å²) in [5.41, 5.74) is 0. The molecular weight excluding hydrogens is 190 g/mol. The van der Waals surface area contributed by atoms with Crippen molar-refractivity contribution in [2.45, 2.75) is 24.0 Å². The highest BCUT2D eigenvalue weighted by Crippen LogP contribution is 2.34. The third-order valence-corrected chi connectivity index (χ3v) is 5.26. The minimum atomic E-state index is 0.179. The fraction of sp³-hybridized carbons (Fsp3) is 0.875. The normalized spacial score (nSPS) is 35.1. The van der Waals surface area contributed by atoms with Crippen LogP contribution in [-0.2, 0) is 4.79 Å². The predicted molar refractivity (Wildman–Crippen MR) is 54.4 cm³/mol. The molecule has 1 N–H and O–H groups in total. The molecule has 0 aromatic carbocycles. The highest BCUT2D eigenvalue weighted by Gasteiger charge is 2.36. The van der Waals surface area contributed by atoms with Crippen LogP contribution < -0.4 is 5.32 Å². The molecule has 2 fully saturated rings. The standard InChI is InChI=1S/C8H13NOS2/c1-5-4-6(5)9-7(10)8-11-2-3-12-8/h5-6,8H,2-4H2,1H3,(H,9,10)/t5-,6-/m1/s1. The molecule has 2 rings (SSSR count). The van der Waals surface area contributed by atoms with Gasteiger partial charge in [0.25, 0.3) is 0 Å². The molecule has 0 spiro atoms. The molecule has 1 heterocycles. The predicted octanol–water partition coefficient (Wildman–Crippen LogP) is 1.32. The van der Waals surface area contributed by atoms with E-state index in [1.807, 2.05) is 0 Å². The van der Waals surface area contributed by atoms with E-state index in [0.717, 1.165) is 11.5 Å². The Labute approximate surface area is 81.2 Å². The van der Waals surface area contributed by atoms with Gasteiger partial charge in [-0.1, -0.05) is 6.92 Å². The number of carbonyl (C=O) groups excluding carboxylic acids is 1. The van der Waals surface area contributed by atoms with Gasteiger partial charge in [-0.25, -0.2) is 0 Å². The van der Waals surface area contributed by atoms with Gasteiger partial charge in [-0.2, -0.15) is 0 Å². The zero-order valence-electron chi connectivity index (χ0n) is 7.08. The number of hydrogen-bond donors (Lipinski definition) is 1. The molecule has 0 bridgehead atoms. The van der Waals surface area contributed by atoms with Crippen LogP contribution in [0.5, 0.6) is 0 Å². The molecule has 2 aliphatic rings. The molecule has 1 aliphatic heterocycles. The van der Waals surface area contributed by atoms with Crippen LogP contribution in [0.25, 0.3) is 0 Å². The molecule has 4 heteroatoms. The lowest BCUT2D eigenvalue weighted by Gasteiger charge is -2.07. The van der Waals surface area contributed by atoms with Gasteiger partial charge in [-0.05, 0) is 12.3 Å². The van der Waals surface area contributed by atoms with Gasteiger partial charge >= 0.3 is 0 Å². The maximum atomic E-state index is 11.5. The highest BCUT2D eigenvalue weighted by atomic mass is 32.2. The Morgan fingerprint density at radius 2 is 2.00 bits per heavy atom. The summed E-state index contributed by atoms with van der Waals surface area (Å²) < 4.78 is 0.179. The van der Waals surface area contributed by atoms with E-state index in [2.05, 4.69) is 12.2 Å². The number of nitrogens with one attached hydrogen (secondary N) is 1. The third-order valence-electron chi connectivity index (χ3n) is 2.27. The van der Waals surface area contributed by atoms with Gasteiger partial charge in [0.15, 0.2) is 0 Å².